The van der Waals surface area contributed by atoms with E-state index in [1.165, 1.54) is 16.8 Å². The van der Waals surface area contributed by atoms with Gasteiger partial charge in [0, 0.05) is 19.1 Å². The zero-order valence-electron chi connectivity index (χ0n) is 9.10. The van der Waals surface area contributed by atoms with Crippen LogP contribution in [0.2, 0.25) is 0 Å². The first-order valence-electron chi connectivity index (χ1n) is 5.67. The molecule has 3 nitrogen and oxygen atoms in total. The van der Waals surface area contributed by atoms with E-state index < -0.39 is 0 Å². The summed E-state index contributed by atoms with van der Waals surface area (Å²) in [4.78, 5) is 6.75. The normalized spacial score (nSPS) is 21.6. The molecule has 3 rings (SSSR count). The maximum Gasteiger partial charge on any atom is 0.0833 e. The third kappa shape index (κ3) is 1.68. The Labute approximate surface area is 98.9 Å². The second-order valence-corrected chi connectivity index (χ2v) is 5.18. The zero-order valence-corrected chi connectivity index (χ0v) is 9.91. The largest absolute Gasteiger partial charge is 0.369 e. The fourth-order valence-electron chi connectivity index (χ4n) is 2.35. The number of nitrogens with zero attached hydrogens (tertiary/aromatic N) is 2. The molecule has 0 aliphatic carbocycles. The van der Waals surface area contributed by atoms with Crippen LogP contribution in [-0.4, -0.2) is 24.1 Å². The Balaban J connectivity index is 2.01. The van der Waals surface area contributed by atoms with Gasteiger partial charge >= 0.3 is 0 Å². The van der Waals surface area contributed by atoms with Gasteiger partial charge in [-0.1, -0.05) is 6.07 Å². The molecular weight excluding hydrogens is 218 g/mol. The van der Waals surface area contributed by atoms with E-state index in [-0.39, 0.29) is 0 Å². The van der Waals surface area contributed by atoms with Gasteiger partial charge in [-0.05, 0) is 25.0 Å². The van der Waals surface area contributed by atoms with Gasteiger partial charge in [-0.3, -0.25) is 0 Å². The minimum Gasteiger partial charge on any atom is -0.369 e. The van der Waals surface area contributed by atoms with Crippen molar-refractivity contribution >= 4 is 27.2 Å². The highest BCUT2D eigenvalue weighted by molar-refractivity contribution is 7.17. The first-order valence-corrected chi connectivity index (χ1v) is 6.55. The van der Waals surface area contributed by atoms with E-state index in [2.05, 4.69) is 28.1 Å². The fraction of sp³-hybridized carbons (Fsp3) is 0.417. The lowest BCUT2D eigenvalue weighted by Crippen LogP contribution is -2.42. The Hall–Kier alpha value is -1.13. The van der Waals surface area contributed by atoms with Gasteiger partial charge < -0.3 is 10.6 Å². The minimum atomic E-state index is 0.317. The van der Waals surface area contributed by atoms with E-state index >= 15 is 0 Å². The number of hydrogen-bond acceptors (Lipinski definition) is 4. The molecule has 84 valence electrons. The van der Waals surface area contributed by atoms with Gasteiger partial charge in [-0.2, -0.15) is 0 Å². The van der Waals surface area contributed by atoms with Gasteiger partial charge in [0.15, 0.2) is 0 Å². The van der Waals surface area contributed by atoms with Crippen molar-refractivity contribution in [3.05, 3.63) is 23.7 Å². The Kier molecular flexibility index (Phi) is 2.53. The van der Waals surface area contributed by atoms with E-state index in [4.69, 9.17) is 5.73 Å². The van der Waals surface area contributed by atoms with Crippen LogP contribution in [0.15, 0.2) is 23.7 Å². The third-order valence-electron chi connectivity index (χ3n) is 3.13. The van der Waals surface area contributed by atoms with Crippen LogP contribution in [0.1, 0.15) is 12.8 Å². The number of piperidine rings is 1. The van der Waals surface area contributed by atoms with Gasteiger partial charge in [0.1, 0.15) is 0 Å². The molecule has 1 aliphatic heterocycles. The standard InChI is InChI=1S/C12H15N3S/c13-9-3-2-6-15(7-9)11-5-1-4-10-12(11)16-8-14-10/h1,4-5,8-9H,2-3,6-7,13H2. The number of nitrogens with two attached hydrogens (primary N) is 1. The van der Waals surface area contributed by atoms with Crippen LogP contribution >= 0.6 is 11.3 Å². The predicted molar refractivity (Wildman–Crippen MR) is 69.0 cm³/mol. The summed E-state index contributed by atoms with van der Waals surface area (Å²) in [5, 5.41) is 0. The molecule has 0 amide bonds. The van der Waals surface area contributed by atoms with Crippen LogP contribution in [0.4, 0.5) is 5.69 Å². The zero-order chi connectivity index (χ0) is 11.0. The van der Waals surface area contributed by atoms with E-state index in [0.717, 1.165) is 25.0 Å². The molecule has 1 aromatic heterocycles. The second kappa shape index (κ2) is 4.03. The average molecular weight is 233 g/mol. The molecule has 2 N–H and O–H groups in total. The SMILES string of the molecule is NC1CCCN(c2cccc3ncsc23)C1. The first-order chi connectivity index (χ1) is 7.84. The summed E-state index contributed by atoms with van der Waals surface area (Å²) in [6.07, 6.45) is 2.34. The van der Waals surface area contributed by atoms with Gasteiger partial charge in [0.2, 0.25) is 0 Å². The molecule has 0 bridgehead atoms. The molecule has 1 fully saturated rings. The highest BCUT2D eigenvalue weighted by atomic mass is 32.1. The molecule has 0 spiro atoms. The van der Waals surface area contributed by atoms with Crippen molar-refractivity contribution in [2.75, 3.05) is 18.0 Å². The third-order valence-corrected chi connectivity index (χ3v) is 4.00. The number of anilines is 1. The maximum atomic E-state index is 6.03. The molecule has 1 saturated heterocycles. The quantitative estimate of drug-likeness (QED) is 0.821. The van der Waals surface area contributed by atoms with E-state index in [1.54, 1.807) is 11.3 Å². The van der Waals surface area contributed by atoms with E-state index in [0.29, 0.717) is 6.04 Å². The summed E-state index contributed by atoms with van der Waals surface area (Å²) < 4.78 is 1.29. The van der Waals surface area contributed by atoms with Gasteiger partial charge in [0.25, 0.3) is 0 Å². The minimum absolute atomic E-state index is 0.317. The molecular formula is C12H15N3S. The molecule has 16 heavy (non-hydrogen) atoms. The number of benzene rings is 1. The van der Waals surface area contributed by atoms with Crippen LogP contribution in [0.3, 0.4) is 0 Å². The fourth-order valence-corrected chi connectivity index (χ4v) is 3.18. The number of hydrogen-bond donors (Lipinski definition) is 1. The molecule has 0 saturated carbocycles. The Morgan fingerprint density at radius 1 is 1.44 bits per heavy atom. The molecule has 4 heteroatoms. The molecule has 1 aromatic carbocycles. The molecule has 1 unspecified atom stereocenters. The highest BCUT2D eigenvalue weighted by Gasteiger charge is 2.18. The molecule has 1 aliphatic rings. The van der Waals surface area contributed by atoms with Crippen molar-refractivity contribution < 1.29 is 0 Å². The average Bonchev–Trinajstić information content (AvgIpc) is 2.76. The summed E-state index contributed by atoms with van der Waals surface area (Å²) in [5.41, 5.74) is 10.3. The summed E-state index contributed by atoms with van der Waals surface area (Å²) in [5.74, 6) is 0. The van der Waals surface area contributed by atoms with Gasteiger partial charge in [-0.25, -0.2) is 4.98 Å². The Bertz CT molecular complexity index is 494. The topological polar surface area (TPSA) is 42.1 Å². The van der Waals surface area contributed by atoms with E-state index in [1.807, 2.05) is 5.51 Å². The number of aromatic nitrogens is 1. The van der Waals surface area contributed by atoms with Crippen LogP contribution in [-0.2, 0) is 0 Å². The maximum absolute atomic E-state index is 6.03. The number of rotatable bonds is 1. The number of fused-ring (bicyclic) bond motifs is 1. The summed E-state index contributed by atoms with van der Waals surface area (Å²) in [7, 11) is 0. The predicted octanol–water partition coefficient (Wildman–Crippen LogP) is 2.22. The van der Waals surface area contributed by atoms with Crippen molar-refractivity contribution in [2.24, 2.45) is 5.73 Å². The molecule has 2 heterocycles. The highest BCUT2D eigenvalue weighted by Crippen LogP contribution is 2.31. The lowest BCUT2D eigenvalue weighted by Gasteiger charge is -2.32. The van der Waals surface area contributed by atoms with Crippen LogP contribution in [0, 0.1) is 0 Å². The van der Waals surface area contributed by atoms with Crippen molar-refractivity contribution in [3.63, 3.8) is 0 Å². The van der Waals surface area contributed by atoms with Crippen molar-refractivity contribution in [1.29, 1.82) is 0 Å². The molecule has 2 aromatic rings. The second-order valence-electron chi connectivity index (χ2n) is 4.33. The number of thiazole rings is 1. The summed E-state index contributed by atoms with van der Waals surface area (Å²) in [6, 6.07) is 6.65. The van der Waals surface area contributed by atoms with Crippen molar-refractivity contribution in [3.8, 4) is 0 Å². The summed E-state index contributed by atoms with van der Waals surface area (Å²) >= 11 is 1.72. The van der Waals surface area contributed by atoms with Crippen molar-refractivity contribution in [2.45, 2.75) is 18.9 Å². The van der Waals surface area contributed by atoms with Gasteiger partial charge in [-0.15, -0.1) is 11.3 Å². The van der Waals surface area contributed by atoms with Crippen LogP contribution < -0.4 is 10.6 Å². The molecule has 0 radical (unpaired) electrons. The molecule has 1 atom stereocenters. The monoisotopic (exact) mass is 233 g/mol. The first kappa shape index (κ1) is 10.1. The lowest BCUT2D eigenvalue weighted by atomic mass is 10.1. The smallest absolute Gasteiger partial charge is 0.0833 e. The van der Waals surface area contributed by atoms with Crippen molar-refractivity contribution in [1.82, 2.24) is 4.98 Å². The Morgan fingerprint density at radius 2 is 2.38 bits per heavy atom. The lowest BCUT2D eigenvalue weighted by molar-refractivity contribution is 0.507. The van der Waals surface area contributed by atoms with Gasteiger partial charge in [0.05, 0.1) is 21.4 Å². The Morgan fingerprint density at radius 3 is 3.25 bits per heavy atom. The van der Waals surface area contributed by atoms with Crippen LogP contribution in [0.5, 0.6) is 0 Å². The summed E-state index contributed by atoms with van der Waals surface area (Å²) in [6.45, 7) is 2.09. The van der Waals surface area contributed by atoms with E-state index in [9.17, 15) is 0 Å². The van der Waals surface area contributed by atoms with Crippen LogP contribution in [0.25, 0.3) is 10.2 Å².